The van der Waals surface area contributed by atoms with Gasteiger partial charge < -0.3 is 20.6 Å². The second-order valence-corrected chi connectivity index (χ2v) is 10.3. The highest BCUT2D eigenvalue weighted by atomic mass is 19.1. The number of halogens is 1. The number of nitrogens with two attached hydrogens (primary N) is 1. The summed E-state index contributed by atoms with van der Waals surface area (Å²) in [5.74, 6) is 1.21. The Morgan fingerprint density at radius 3 is 2.29 bits per heavy atom. The number of hydrogen-bond donors (Lipinski definition) is 2. The molecule has 1 aliphatic heterocycles. The zero-order valence-electron chi connectivity index (χ0n) is 22.4. The van der Waals surface area contributed by atoms with Gasteiger partial charge in [0, 0.05) is 67.7 Å². The van der Waals surface area contributed by atoms with Crippen molar-refractivity contribution >= 4 is 17.3 Å². The molecule has 1 saturated heterocycles. The first-order chi connectivity index (χ1) is 19.3. The molecule has 2 atom stereocenters. The van der Waals surface area contributed by atoms with Crippen molar-refractivity contribution in [1.29, 1.82) is 0 Å². The molecule has 0 radical (unpaired) electrons. The predicted molar refractivity (Wildman–Crippen MR) is 156 cm³/mol. The molecule has 11 nitrogen and oxygen atoms in total. The Hall–Kier alpha value is -4.42. The molecule has 6 rings (SSSR count). The molecule has 0 amide bonds. The van der Waals surface area contributed by atoms with Crippen molar-refractivity contribution < 1.29 is 9.50 Å². The van der Waals surface area contributed by atoms with Crippen molar-refractivity contribution in [2.24, 2.45) is 5.73 Å². The van der Waals surface area contributed by atoms with Gasteiger partial charge in [0.25, 0.3) is 0 Å². The van der Waals surface area contributed by atoms with Gasteiger partial charge in [0.1, 0.15) is 17.7 Å². The molecule has 3 N–H and O–H groups in total. The quantitative estimate of drug-likeness (QED) is 0.309. The Morgan fingerprint density at radius 1 is 0.927 bits per heavy atom. The topological polar surface area (TPSA) is 127 Å². The number of anilines is 2. The van der Waals surface area contributed by atoms with E-state index in [1.54, 1.807) is 41.7 Å². The first kappa shape index (κ1) is 28.1. The Morgan fingerprint density at radius 2 is 1.61 bits per heavy atom. The monoisotopic (exact) mass is 558 g/mol. The molecule has 0 spiro atoms. The van der Waals surface area contributed by atoms with E-state index < -0.39 is 5.54 Å². The highest BCUT2D eigenvalue weighted by Gasteiger charge is 2.26. The second-order valence-electron chi connectivity index (χ2n) is 10.3. The van der Waals surface area contributed by atoms with Crippen LogP contribution in [0.4, 0.5) is 16.2 Å². The number of piperazine rings is 1. The smallest absolute Gasteiger partial charge is 0.225 e. The van der Waals surface area contributed by atoms with E-state index in [-0.39, 0.29) is 25.9 Å². The number of fused-ring (bicyclic) bond motifs is 1. The summed E-state index contributed by atoms with van der Waals surface area (Å²) < 4.78 is 17.0. The van der Waals surface area contributed by atoms with Crippen molar-refractivity contribution in [3.05, 3.63) is 84.6 Å². The molecule has 4 aromatic heterocycles. The van der Waals surface area contributed by atoms with Crippen LogP contribution in [0.3, 0.4) is 0 Å². The Bertz CT molecular complexity index is 1610. The van der Waals surface area contributed by atoms with E-state index in [0.29, 0.717) is 5.95 Å². The molecule has 1 fully saturated rings. The maximum Gasteiger partial charge on any atom is 0.225 e. The number of benzene rings is 1. The molecule has 5 heterocycles. The molecular formula is C29H35FN10O. The van der Waals surface area contributed by atoms with Crippen molar-refractivity contribution in [1.82, 2.24) is 34.3 Å². The van der Waals surface area contributed by atoms with Crippen LogP contribution in [0.2, 0.25) is 0 Å². The van der Waals surface area contributed by atoms with E-state index in [1.165, 1.54) is 12.1 Å². The van der Waals surface area contributed by atoms with E-state index in [4.69, 9.17) is 5.73 Å². The standard InChI is InChI=1S/C28H31FN10O.CH4/c1-19(17-40)38-16-21(12-34-38)20-11-25-26(33-18-35-39(25)15-20)36-7-9-37(10-8-36)27-31-13-23(14-32-27)28(2,30)22-3-5-24(29)6-4-22;/h3-6,11-16,18-19,40H,7-10,17,30H2,1-2H3;1H4/t19-,28-;/m0./s1. The van der Waals surface area contributed by atoms with Crippen LogP contribution >= 0.6 is 0 Å². The lowest BCUT2D eigenvalue weighted by molar-refractivity contribution is 0.230. The normalized spacial score (nSPS) is 15.9. The van der Waals surface area contributed by atoms with Crippen LogP contribution in [-0.4, -0.2) is 72.2 Å². The molecule has 0 saturated carbocycles. The summed E-state index contributed by atoms with van der Waals surface area (Å²) in [6.07, 6.45) is 10.8. The largest absolute Gasteiger partial charge is 0.394 e. The van der Waals surface area contributed by atoms with Gasteiger partial charge in [0.15, 0.2) is 5.82 Å². The van der Waals surface area contributed by atoms with Gasteiger partial charge in [-0.25, -0.2) is 23.9 Å². The third kappa shape index (κ3) is 5.35. The average Bonchev–Trinajstić information content (AvgIpc) is 3.65. The minimum atomic E-state index is -0.838. The van der Waals surface area contributed by atoms with Crippen LogP contribution in [0.15, 0.2) is 67.6 Å². The summed E-state index contributed by atoms with van der Waals surface area (Å²) in [5.41, 5.74) is 10.1. The van der Waals surface area contributed by atoms with Gasteiger partial charge in [0.2, 0.25) is 5.95 Å². The van der Waals surface area contributed by atoms with E-state index in [1.807, 2.05) is 30.8 Å². The Labute approximate surface area is 238 Å². The van der Waals surface area contributed by atoms with E-state index >= 15 is 0 Å². The van der Waals surface area contributed by atoms with Crippen molar-refractivity contribution in [3.8, 4) is 11.1 Å². The van der Waals surface area contributed by atoms with Gasteiger partial charge in [-0.1, -0.05) is 19.6 Å². The van der Waals surface area contributed by atoms with Crippen LogP contribution in [0, 0.1) is 5.82 Å². The van der Waals surface area contributed by atoms with Crippen LogP contribution in [0.1, 0.15) is 38.4 Å². The third-order valence-electron chi connectivity index (χ3n) is 7.58. The lowest BCUT2D eigenvalue weighted by Crippen LogP contribution is -2.47. The van der Waals surface area contributed by atoms with E-state index in [0.717, 1.165) is 59.8 Å². The van der Waals surface area contributed by atoms with E-state index in [2.05, 4.69) is 41.0 Å². The highest BCUT2D eigenvalue weighted by Crippen LogP contribution is 2.29. The van der Waals surface area contributed by atoms with Crippen molar-refractivity contribution in [3.63, 3.8) is 0 Å². The van der Waals surface area contributed by atoms with E-state index in [9.17, 15) is 9.50 Å². The van der Waals surface area contributed by atoms with Crippen LogP contribution in [-0.2, 0) is 5.54 Å². The molecule has 0 bridgehead atoms. The third-order valence-corrected chi connectivity index (χ3v) is 7.58. The number of hydrogen-bond acceptors (Lipinski definition) is 9. The van der Waals surface area contributed by atoms with Gasteiger partial charge in [0.05, 0.1) is 24.4 Å². The zero-order chi connectivity index (χ0) is 27.9. The minimum Gasteiger partial charge on any atom is -0.394 e. The molecule has 0 unspecified atom stereocenters. The fraction of sp³-hybridized carbons (Fsp3) is 0.345. The molecule has 214 valence electrons. The van der Waals surface area contributed by atoms with Crippen LogP contribution in [0.25, 0.3) is 16.6 Å². The van der Waals surface area contributed by atoms with Crippen molar-refractivity contribution in [2.75, 3.05) is 42.6 Å². The summed E-state index contributed by atoms with van der Waals surface area (Å²) in [6, 6.07) is 8.16. The number of aliphatic hydroxyl groups is 1. The maximum absolute atomic E-state index is 13.4. The van der Waals surface area contributed by atoms with Crippen LogP contribution < -0.4 is 15.5 Å². The molecular weight excluding hydrogens is 523 g/mol. The Kier molecular flexibility index (Phi) is 7.70. The van der Waals surface area contributed by atoms with Gasteiger partial charge in [-0.15, -0.1) is 0 Å². The minimum absolute atomic E-state index is 0. The van der Waals surface area contributed by atoms with Gasteiger partial charge >= 0.3 is 0 Å². The van der Waals surface area contributed by atoms with Gasteiger partial charge in [-0.2, -0.15) is 10.2 Å². The lowest BCUT2D eigenvalue weighted by atomic mass is 9.87. The predicted octanol–water partition coefficient (Wildman–Crippen LogP) is 3.26. The summed E-state index contributed by atoms with van der Waals surface area (Å²) in [7, 11) is 0. The van der Waals surface area contributed by atoms with Crippen LogP contribution in [0.5, 0.6) is 0 Å². The number of nitrogens with zero attached hydrogens (tertiary/aromatic N) is 9. The zero-order valence-corrected chi connectivity index (χ0v) is 22.4. The first-order valence-electron chi connectivity index (χ1n) is 13.2. The molecule has 1 aliphatic rings. The van der Waals surface area contributed by atoms with Gasteiger partial charge in [-0.05, 0) is 37.6 Å². The summed E-state index contributed by atoms with van der Waals surface area (Å²) >= 11 is 0. The number of rotatable bonds is 7. The number of aliphatic hydroxyl groups excluding tert-OH is 1. The fourth-order valence-electron chi connectivity index (χ4n) is 4.96. The second kappa shape index (κ2) is 11.2. The molecule has 12 heteroatoms. The highest BCUT2D eigenvalue weighted by molar-refractivity contribution is 5.77. The lowest BCUT2D eigenvalue weighted by Gasteiger charge is -2.35. The molecule has 0 aliphatic carbocycles. The fourth-order valence-corrected chi connectivity index (χ4v) is 4.96. The summed E-state index contributed by atoms with van der Waals surface area (Å²) in [5, 5.41) is 18.2. The first-order valence-corrected chi connectivity index (χ1v) is 13.2. The Balaban J connectivity index is 0.00000337. The van der Waals surface area contributed by atoms with Gasteiger partial charge in [-0.3, -0.25) is 4.68 Å². The maximum atomic E-state index is 13.4. The summed E-state index contributed by atoms with van der Waals surface area (Å²) in [4.78, 5) is 18.2. The molecule has 5 aromatic rings. The molecule has 1 aromatic carbocycles. The summed E-state index contributed by atoms with van der Waals surface area (Å²) in [6.45, 7) is 6.76. The average molecular weight is 559 g/mol. The van der Waals surface area contributed by atoms with Crippen molar-refractivity contribution in [2.45, 2.75) is 32.9 Å². The number of aromatic nitrogens is 7. The molecule has 41 heavy (non-hydrogen) atoms. The SMILES string of the molecule is C.C[C@@H](CO)n1cc(-c2cc3c(N4CCN(c5ncc([C@@](C)(N)c6ccc(F)cc6)cn5)CC4)ncnn3c2)cn1.